The van der Waals surface area contributed by atoms with Crippen LogP contribution in [0.1, 0.15) is 48.5 Å². The van der Waals surface area contributed by atoms with Crippen molar-refractivity contribution >= 4 is 5.91 Å². The Bertz CT molecular complexity index is 363. The molecule has 1 aromatic rings. The summed E-state index contributed by atoms with van der Waals surface area (Å²) in [5, 5.41) is 0. The van der Waals surface area contributed by atoms with Gasteiger partial charge in [0, 0.05) is 11.6 Å². The molecule has 0 aliphatic rings. The average Bonchev–Trinajstić information content (AvgIpc) is 2.34. The Hall–Kier alpha value is -1.35. The van der Waals surface area contributed by atoms with E-state index in [1.165, 1.54) is 12.8 Å². The lowest BCUT2D eigenvalue weighted by atomic mass is 9.98. The van der Waals surface area contributed by atoms with E-state index in [0.29, 0.717) is 5.56 Å². The summed E-state index contributed by atoms with van der Waals surface area (Å²) >= 11 is 0. The molecule has 1 aromatic carbocycles. The second kappa shape index (κ2) is 7.07. The highest BCUT2D eigenvalue weighted by molar-refractivity contribution is 5.94. The van der Waals surface area contributed by atoms with E-state index in [4.69, 9.17) is 11.5 Å². The average molecular weight is 234 g/mol. The molecule has 0 aliphatic carbocycles. The molecule has 17 heavy (non-hydrogen) atoms. The van der Waals surface area contributed by atoms with Gasteiger partial charge >= 0.3 is 0 Å². The summed E-state index contributed by atoms with van der Waals surface area (Å²) in [5.41, 5.74) is 13.0. The summed E-state index contributed by atoms with van der Waals surface area (Å²) in [6.45, 7) is 2.16. The minimum atomic E-state index is -0.359. The van der Waals surface area contributed by atoms with Gasteiger partial charge in [0.2, 0.25) is 5.91 Å². The molecule has 0 spiro atoms. The van der Waals surface area contributed by atoms with Gasteiger partial charge in [0.05, 0.1) is 0 Å². The molecule has 0 heterocycles. The predicted molar refractivity (Wildman–Crippen MR) is 70.8 cm³/mol. The van der Waals surface area contributed by atoms with E-state index in [1.807, 2.05) is 18.2 Å². The number of unbranched alkanes of at least 4 members (excludes halogenated alkanes) is 1. The number of carbonyl (C=O) groups excluding carboxylic acids is 1. The number of hydrogen-bond acceptors (Lipinski definition) is 2. The monoisotopic (exact) mass is 234 g/mol. The summed E-state index contributed by atoms with van der Waals surface area (Å²) < 4.78 is 0. The number of primary amides is 1. The van der Waals surface area contributed by atoms with Crippen LogP contribution in [0.5, 0.6) is 0 Å². The lowest BCUT2D eigenvalue weighted by Crippen LogP contribution is -2.21. The highest BCUT2D eigenvalue weighted by Crippen LogP contribution is 2.13. The van der Waals surface area contributed by atoms with Gasteiger partial charge in [-0.15, -0.1) is 0 Å². The quantitative estimate of drug-likeness (QED) is 0.759. The molecule has 0 saturated heterocycles. The topological polar surface area (TPSA) is 69.1 Å². The van der Waals surface area contributed by atoms with Crippen molar-refractivity contribution in [3.63, 3.8) is 0 Å². The third-order valence-corrected chi connectivity index (χ3v) is 3.00. The van der Waals surface area contributed by atoms with Crippen molar-refractivity contribution in [3.05, 3.63) is 35.4 Å². The molecule has 4 N–H and O–H groups in total. The Morgan fingerprint density at radius 1 is 1.29 bits per heavy atom. The Kier molecular flexibility index (Phi) is 5.70. The molecule has 3 heteroatoms. The second-order valence-electron chi connectivity index (χ2n) is 4.46. The Morgan fingerprint density at radius 2 is 2.00 bits per heavy atom. The van der Waals surface area contributed by atoms with Crippen molar-refractivity contribution in [3.8, 4) is 0 Å². The van der Waals surface area contributed by atoms with Crippen LogP contribution >= 0.6 is 0 Å². The fourth-order valence-corrected chi connectivity index (χ4v) is 1.93. The Labute approximate surface area is 103 Å². The summed E-state index contributed by atoms with van der Waals surface area (Å²) in [7, 11) is 0. The van der Waals surface area contributed by atoms with Gasteiger partial charge in [-0.25, -0.2) is 0 Å². The highest BCUT2D eigenvalue weighted by Gasteiger charge is 2.08. The van der Waals surface area contributed by atoms with Gasteiger partial charge in [-0.2, -0.15) is 0 Å². The van der Waals surface area contributed by atoms with Crippen molar-refractivity contribution in [1.29, 1.82) is 0 Å². The van der Waals surface area contributed by atoms with Crippen LogP contribution in [0.4, 0.5) is 0 Å². The molecule has 0 aromatic heterocycles. The largest absolute Gasteiger partial charge is 0.366 e. The SMILES string of the molecule is CCCCC(N)CCc1ccccc1C(N)=O. The van der Waals surface area contributed by atoms with Crippen molar-refractivity contribution < 1.29 is 4.79 Å². The van der Waals surface area contributed by atoms with Gasteiger partial charge in [0.15, 0.2) is 0 Å². The molecule has 94 valence electrons. The molecule has 0 saturated carbocycles. The number of carbonyl (C=O) groups is 1. The molecule has 0 radical (unpaired) electrons. The molecule has 0 fully saturated rings. The predicted octanol–water partition coefficient (Wildman–Crippen LogP) is 2.24. The van der Waals surface area contributed by atoms with Gasteiger partial charge in [-0.1, -0.05) is 38.0 Å². The third kappa shape index (κ3) is 4.57. The standard InChI is InChI=1S/C14H22N2O/c1-2-3-7-12(15)10-9-11-6-4-5-8-13(11)14(16)17/h4-6,8,12H,2-3,7,9-10,15H2,1H3,(H2,16,17). The van der Waals surface area contributed by atoms with Crippen LogP contribution in [0.3, 0.4) is 0 Å². The van der Waals surface area contributed by atoms with E-state index >= 15 is 0 Å². The zero-order chi connectivity index (χ0) is 12.7. The maximum Gasteiger partial charge on any atom is 0.248 e. The number of hydrogen-bond donors (Lipinski definition) is 2. The van der Waals surface area contributed by atoms with Crippen molar-refractivity contribution in [2.45, 2.75) is 45.1 Å². The highest BCUT2D eigenvalue weighted by atomic mass is 16.1. The van der Waals surface area contributed by atoms with Crippen molar-refractivity contribution in [2.75, 3.05) is 0 Å². The first-order valence-corrected chi connectivity index (χ1v) is 6.28. The van der Waals surface area contributed by atoms with E-state index in [2.05, 4.69) is 6.92 Å². The number of nitrogens with two attached hydrogens (primary N) is 2. The lowest BCUT2D eigenvalue weighted by Gasteiger charge is -2.12. The number of rotatable bonds is 7. The first-order chi connectivity index (χ1) is 8.15. The van der Waals surface area contributed by atoms with Gasteiger partial charge < -0.3 is 11.5 Å². The van der Waals surface area contributed by atoms with Gasteiger partial charge in [0.1, 0.15) is 0 Å². The van der Waals surface area contributed by atoms with E-state index < -0.39 is 0 Å². The molecule has 1 atom stereocenters. The molecule has 1 amide bonds. The fraction of sp³-hybridized carbons (Fsp3) is 0.500. The molecule has 1 unspecified atom stereocenters. The van der Waals surface area contributed by atoms with Crippen molar-refractivity contribution in [2.24, 2.45) is 11.5 Å². The van der Waals surface area contributed by atoms with E-state index in [9.17, 15) is 4.79 Å². The number of amides is 1. The zero-order valence-electron chi connectivity index (χ0n) is 10.5. The number of aryl methyl sites for hydroxylation is 1. The minimum absolute atomic E-state index is 0.218. The maximum atomic E-state index is 11.2. The lowest BCUT2D eigenvalue weighted by molar-refractivity contribution is 0.0999. The van der Waals surface area contributed by atoms with Gasteiger partial charge in [-0.3, -0.25) is 4.79 Å². The molecular formula is C14H22N2O. The van der Waals surface area contributed by atoms with E-state index in [1.54, 1.807) is 6.07 Å². The van der Waals surface area contributed by atoms with Crippen LogP contribution in [-0.4, -0.2) is 11.9 Å². The Morgan fingerprint density at radius 3 is 2.65 bits per heavy atom. The summed E-state index contributed by atoms with van der Waals surface area (Å²) in [6.07, 6.45) is 5.12. The molecular weight excluding hydrogens is 212 g/mol. The van der Waals surface area contributed by atoms with E-state index in [-0.39, 0.29) is 11.9 Å². The Balaban J connectivity index is 2.54. The normalized spacial score (nSPS) is 12.4. The first kappa shape index (κ1) is 13.7. The van der Waals surface area contributed by atoms with Crippen LogP contribution < -0.4 is 11.5 Å². The molecule has 0 aliphatic heterocycles. The first-order valence-electron chi connectivity index (χ1n) is 6.28. The third-order valence-electron chi connectivity index (χ3n) is 3.00. The molecule has 0 bridgehead atoms. The minimum Gasteiger partial charge on any atom is -0.366 e. The van der Waals surface area contributed by atoms with Crippen LogP contribution in [-0.2, 0) is 6.42 Å². The van der Waals surface area contributed by atoms with Crippen LogP contribution in [0.15, 0.2) is 24.3 Å². The summed E-state index contributed by atoms with van der Waals surface area (Å²) in [4.78, 5) is 11.2. The van der Waals surface area contributed by atoms with Gasteiger partial charge in [0.25, 0.3) is 0 Å². The van der Waals surface area contributed by atoms with Gasteiger partial charge in [-0.05, 0) is 30.9 Å². The number of benzene rings is 1. The van der Waals surface area contributed by atoms with Crippen LogP contribution in [0.2, 0.25) is 0 Å². The zero-order valence-corrected chi connectivity index (χ0v) is 10.5. The molecule has 3 nitrogen and oxygen atoms in total. The molecule has 1 rings (SSSR count). The van der Waals surface area contributed by atoms with Crippen LogP contribution in [0, 0.1) is 0 Å². The van der Waals surface area contributed by atoms with E-state index in [0.717, 1.165) is 24.8 Å². The van der Waals surface area contributed by atoms with Crippen molar-refractivity contribution in [1.82, 2.24) is 0 Å². The maximum absolute atomic E-state index is 11.2. The summed E-state index contributed by atoms with van der Waals surface area (Å²) in [6, 6.07) is 7.71. The smallest absolute Gasteiger partial charge is 0.248 e. The summed E-state index contributed by atoms with van der Waals surface area (Å²) in [5.74, 6) is -0.359. The fourth-order valence-electron chi connectivity index (χ4n) is 1.93. The second-order valence-corrected chi connectivity index (χ2v) is 4.46. The van der Waals surface area contributed by atoms with Crippen LogP contribution in [0.25, 0.3) is 0 Å².